The third kappa shape index (κ3) is 9.25. The molecular formula is C31H37F4N7O. The van der Waals surface area contributed by atoms with E-state index in [1.165, 1.54) is 19.2 Å². The van der Waals surface area contributed by atoms with Crippen molar-refractivity contribution in [2.75, 3.05) is 18.4 Å². The number of nitrogens with zero attached hydrogens (tertiary/aromatic N) is 6. The average Bonchev–Trinajstić information content (AvgIpc) is 3.34. The van der Waals surface area contributed by atoms with Gasteiger partial charge in [-0.3, -0.25) is 0 Å². The third-order valence-corrected chi connectivity index (χ3v) is 6.31. The van der Waals surface area contributed by atoms with Gasteiger partial charge in [-0.05, 0) is 49.7 Å². The summed E-state index contributed by atoms with van der Waals surface area (Å²) in [5.41, 5.74) is 3.82. The zero-order valence-electron chi connectivity index (χ0n) is 25.0. The van der Waals surface area contributed by atoms with Gasteiger partial charge in [0, 0.05) is 18.8 Å². The Balaban J connectivity index is 0.00000119. The number of aliphatic imine (C=N–C) groups is 3. The number of imidazole rings is 1. The molecule has 1 aromatic heterocycles. The number of rotatable bonds is 10. The van der Waals surface area contributed by atoms with Gasteiger partial charge in [-0.15, -0.1) is 0 Å². The van der Waals surface area contributed by atoms with Crippen molar-refractivity contribution in [2.24, 2.45) is 22.0 Å². The number of aryl methyl sites for hydroxylation is 2. The quantitative estimate of drug-likeness (QED) is 0.240. The molecule has 0 atom stereocenters. The number of hydrogen-bond donors (Lipinski definition) is 1. The van der Waals surface area contributed by atoms with Gasteiger partial charge in [-0.25, -0.2) is 37.5 Å². The van der Waals surface area contributed by atoms with Crippen molar-refractivity contribution in [1.82, 2.24) is 14.5 Å². The van der Waals surface area contributed by atoms with E-state index in [9.17, 15) is 17.6 Å². The van der Waals surface area contributed by atoms with Crippen LogP contribution in [0, 0.1) is 6.92 Å². The highest BCUT2D eigenvalue weighted by molar-refractivity contribution is 6.52. The number of amidine groups is 1. The number of alkyl halides is 4. The second-order valence-corrected chi connectivity index (χ2v) is 9.67. The monoisotopic (exact) mass is 599 g/mol. The molecule has 0 amide bonds. The molecule has 0 saturated carbocycles. The number of unbranched alkanes of at least 4 members (excludes halogenated alkanes) is 1. The number of halogens is 4. The highest BCUT2D eigenvalue weighted by Crippen LogP contribution is 2.29. The predicted molar refractivity (Wildman–Crippen MR) is 166 cm³/mol. The molecular weight excluding hydrogens is 562 g/mol. The largest absolute Gasteiger partial charge is 0.457 e. The summed E-state index contributed by atoms with van der Waals surface area (Å²) in [6.07, 6.45) is 1.65. The minimum atomic E-state index is -2.84. The number of nitrogens with one attached hydrogen (secondary N) is 1. The Morgan fingerprint density at radius 2 is 1.79 bits per heavy atom. The van der Waals surface area contributed by atoms with Gasteiger partial charge in [-0.1, -0.05) is 39.3 Å². The average molecular weight is 600 g/mol. The molecule has 1 aliphatic rings. The summed E-state index contributed by atoms with van der Waals surface area (Å²) in [6, 6.07) is 11.1. The van der Waals surface area contributed by atoms with Crippen LogP contribution < -0.4 is 10.1 Å². The Morgan fingerprint density at radius 1 is 1.09 bits per heavy atom. The van der Waals surface area contributed by atoms with Gasteiger partial charge in [0.1, 0.15) is 29.4 Å². The molecule has 0 bridgehead atoms. The van der Waals surface area contributed by atoms with E-state index >= 15 is 0 Å². The van der Waals surface area contributed by atoms with E-state index in [1.54, 1.807) is 31.5 Å². The fourth-order valence-electron chi connectivity index (χ4n) is 3.91. The normalized spacial score (nSPS) is 14.7. The van der Waals surface area contributed by atoms with Gasteiger partial charge in [0.2, 0.25) is 0 Å². The summed E-state index contributed by atoms with van der Waals surface area (Å²) in [4.78, 5) is 17.7. The Hall–Kier alpha value is -4.48. The number of hydrogen-bond acceptors (Lipinski definition) is 7. The molecule has 2 aromatic carbocycles. The van der Waals surface area contributed by atoms with Gasteiger partial charge in [0.25, 0.3) is 12.9 Å². The maximum atomic E-state index is 13.0. The molecule has 3 aromatic rings. The molecule has 0 saturated heterocycles. The molecule has 0 radical (unpaired) electrons. The molecule has 1 N–H and O–H groups in total. The molecule has 230 valence electrons. The van der Waals surface area contributed by atoms with E-state index in [2.05, 4.69) is 45.7 Å². The summed E-state index contributed by atoms with van der Waals surface area (Å²) in [7, 11) is 1.92. The highest BCUT2D eigenvalue weighted by atomic mass is 19.3. The van der Waals surface area contributed by atoms with Crippen LogP contribution in [-0.2, 0) is 7.05 Å². The third-order valence-electron chi connectivity index (χ3n) is 6.31. The van der Waals surface area contributed by atoms with Crippen LogP contribution in [0.15, 0.2) is 81.9 Å². The summed E-state index contributed by atoms with van der Waals surface area (Å²) < 4.78 is 60.0. The van der Waals surface area contributed by atoms with Gasteiger partial charge in [0.15, 0.2) is 5.84 Å². The topological polar surface area (TPSA) is 79.4 Å². The molecule has 1 aliphatic heterocycles. The van der Waals surface area contributed by atoms with Crippen LogP contribution in [0.3, 0.4) is 0 Å². The summed E-state index contributed by atoms with van der Waals surface area (Å²) >= 11 is 0. The Kier molecular flexibility index (Phi) is 12.0. The molecule has 12 heteroatoms. The number of aromatic nitrogens is 2. The standard InChI is InChI=1S/C27H27F4N7O.C4H10/c1-5-20-26(35-17(3)38(12-24(28)29)13-25(30)31)27(33-14-32-20)36-18-6-9-23(16(2)10-18)39-19-7-8-22-21(11-19)34-15-37(22)4;1-3-4-2/h5-11,14-15,24-25H,3,12-13H2,1-2,4H3,(H,32,33,36);3-4H2,1-2H3/b20-5+,35-26+;. The van der Waals surface area contributed by atoms with Crippen LogP contribution in [0.4, 0.5) is 23.2 Å². The molecule has 0 unspecified atom stereocenters. The molecule has 0 spiro atoms. The fourth-order valence-corrected chi connectivity index (χ4v) is 3.91. The zero-order valence-corrected chi connectivity index (χ0v) is 25.0. The number of ether oxygens (including phenoxy) is 1. The summed E-state index contributed by atoms with van der Waals surface area (Å²) in [6.45, 7) is 9.73. The van der Waals surface area contributed by atoms with Gasteiger partial charge in [-0.2, -0.15) is 0 Å². The first-order chi connectivity index (χ1) is 20.6. The fraction of sp³-hybridized carbons (Fsp3) is 0.355. The lowest BCUT2D eigenvalue weighted by Crippen LogP contribution is -2.33. The predicted octanol–water partition coefficient (Wildman–Crippen LogP) is 7.98. The Labute approximate surface area is 249 Å². The first-order valence-corrected chi connectivity index (χ1v) is 13.9. The number of fused-ring (bicyclic) bond motifs is 1. The molecule has 43 heavy (non-hydrogen) atoms. The lowest BCUT2D eigenvalue weighted by atomic mass is 10.1. The summed E-state index contributed by atoms with van der Waals surface area (Å²) in [5, 5.41) is 3.14. The van der Waals surface area contributed by atoms with Crippen molar-refractivity contribution in [3.05, 3.63) is 72.5 Å². The van der Waals surface area contributed by atoms with Crippen molar-refractivity contribution in [3.8, 4) is 11.5 Å². The molecule has 2 heterocycles. The Bertz CT molecular complexity index is 1510. The zero-order chi connectivity index (χ0) is 31.5. The van der Waals surface area contributed by atoms with E-state index in [0.717, 1.165) is 21.5 Å². The maximum Gasteiger partial charge on any atom is 0.255 e. The van der Waals surface area contributed by atoms with Crippen molar-refractivity contribution < 1.29 is 22.3 Å². The van der Waals surface area contributed by atoms with Crippen LogP contribution in [0.1, 0.15) is 39.2 Å². The van der Waals surface area contributed by atoms with E-state index in [-0.39, 0.29) is 17.4 Å². The van der Waals surface area contributed by atoms with E-state index in [4.69, 9.17) is 4.74 Å². The van der Waals surface area contributed by atoms with Crippen molar-refractivity contribution in [2.45, 2.75) is 53.4 Å². The first-order valence-electron chi connectivity index (χ1n) is 13.9. The molecule has 0 aliphatic carbocycles. The first kappa shape index (κ1) is 33.0. The van der Waals surface area contributed by atoms with E-state index < -0.39 is 25.9 Å². The minimum absolute atomic E-state index is 0.181. The van der Waals surface area contributed by atoms with Gasteiger partial charge < -0.3 is 19.5 Å². The van der Waals surface area contributed by atoms with Gasteiger partial charge in [0.05, 0.1) is 36.1 Å². The molecule has 4 rings (SSSR count). The van der Waals surface area contributed by atoms with Gasteiger partial charge >= 0.3 is 0 Å². The molecule has 0 fully saturated rings. The second kappa shape index (κ2) is 15.7. The van der Waals surface area contributed by atoms with E-state index in [1.807, 2.05) is 42.8 Å². The SMILES string of the molecule is C=C(/N=C1/C(Nc2ccc(Oc3ccc4c(c3)ncn4C)c(C)c2)=NC=N/C1=C/C)N(CC(F)F)CC(F)F.CCCC. The minimum Gasteiger partial charge on any atom is -0.457 e. The van der Waals surface area contributed by atoms with Crippen molar-refractivity contribution in [3.63, 3.8) is 0 Å². The maximum absolute atomic E-state index is 13.0. The molecule has 8 nitrogen and oxygen atoms in total. The number of allylic oxidation sites excluding steroid dienone is 1. The second-order valence-electron chi connectivity index (χ2n) is 9.67. The van der Waals surface area contributed by atoms with Crippen molar-refractivity contribution in [1.29, 1.82) is 0 Å². The Morgan fingerprint density at radius 3 is 2.40 bits per heavy atom. The van der Waals surface area contributed by atoms with Crippen LogP contribution in [-0.4, -0.2) is 58.3 Å². The number of anilines is 1. The van der Waals surface area contributed by atoms with Crippen molar-refractivity contribution >= 4 is 34.6 Å². The van der Waals surface area contributed by atoms with E-state index in [0.29, 0.717) is 22.9 Å². The van der Waals surface area contributed by atoms with Crippen LogP contribution in [0.2, 0.25) is 0 Å². The smallest absolute Gasteiger partial charge is 0.255 e. The van der Waals surface area contributed by atoms with Crippen LogP contribution >= 0.6 is 0 Å². The van der Waals surface area contributed by atoms with Crippen LogP contribution in [0.25, 0.3) is 11.0 Å². The summed E-state index contributed by atoms with van der Waals surface area (Å²) in [5.74, 6) is 1.28. The lowest BCUT2D eigenvalue weighted by Gasteiger charge is -2.24. The van der Waals surface area contributed by atoms with Crippen LogP contribution in [0.5, 0.6) is 11.5 Å². The lowest BCUT2D eigenvalue weighted by molar-refractivity contribution is 0.0591. The highest BCUT2D eigenvalue weighted by Gasteiger charge is 2.22. The number of benzene rings is 2.